The number of halogens is 2. The third-order valence-electron chi connectivity index (χ3n) is 3.92. The zero-order valence-electron chi connectivity index (χ0n) is 12.8. The summed E-state index contributed by atoms with van der Waals surface area (Å²) in [5.74, 6) is 0.699. The van der Waals surface area contributed by atoms with Crippen molar-refractivity contribution in [2.75, 3.05) is 19.6 Å². The molecule has 0 amide bonds. The number of nitrogens with zero attached hydrogens (tertiary/aromatic N) is 2. The predicted octanol–water partition coefficient (Wildman–Crippen LogP) is 4.15. The summed E-state index contributed by atoms with van der Waals surface area (Å²) in [7, 11) is 0. The Labute approximate surface area is 153 Å². The Kier molecular flexibility index (Phi) is 7.47. The highest BCUT2D eigenvalue weighted by Gasteiger charge is 2.23. The number of benzene rings is 1. The predicted molar refractivity (Wildman–Crippen MR) is 104 cm³/mol. The van der Waals surface area contributed by atoms with E-state index >= 15 is 0 Å². The highest BCUT2D eigenvalue weighted by atomic mass is 127. The molecule has 0 aromatic heterocycles. The van der Waals surface area contributed by atoms with Gasteiger partial charge in [-0.05, 0) is 30.9 Å². The molecule has 1 aliphatic heterocycles. The molecule has 1 heterocycles. The second-order valence-electron chi connectivity index (χ2n) is 6.09. The van der Waals surface area contributed by atoms with E-state index in [1.807, 2.05) is 6.07 Å². The number of piperidine rings is 1. The summed E-state index contributed by atoms with van der Waals surface area (Å²) >= 11 is 3.63. The van der Waals surface area contributed by atoms with Crippen molar-refractivity contribution in [3.63, 3.8) is 0 Å². The van der Waals surface area contributed by atoms with E-state index in [0.717, 1.165) is 17.6 Å². The standard InChI is InChI=1S/C16H24BrN3.HI/c1-16(2,13-8-4-5-9-14(13)17)12-19-15(18)20-10-6-3-7-11-20;/h4-5,8-9H,3,6-7,10-12H2,1-2H3,(H2,18,19);1H. The van der Waals surface area contributed by atoms with Gasteiger partial charge in [-0.1, -0.05) is 48.0 Å². The maximum Gasteiger partial charge on any atom is 0.191 e. The van der Waals surface area contributed by atoms with Crippen LogP contribution in [0.1, 0.15) is 38.7 Å². The topological polar surface area (TPSA) is 41.6 Å². The minimum absolute atomic E-state index is 0. The lowest BCUT2D eigenvalue weighted by molar-refractivity contribution is 0.337. The third-order valence-corrected chi connectivity index (χ3v) is 4.61. The Morgan fingerprint density at radius 3 is 2.48 bits per heavy atom. The lowest BCUT2D eigenvalue weighted by Crippen LogP contribution is -2.41. The van der Waals surface area contributed by atoms with Crippen molar-refractivity contribution in [2.24, 2.45) is 10.7 Å². The molecule has 3 nitrogen and oxygen atoms in total. The van der Waals surface area contributed by atoms with Gasteiger partial charge in [-0.15, -0.1) is 24.0 Å². The van der Waals surface area contributed by atoms with Crippen molar-refractivity contribution < 1.29 is 0 Å². The van der Waals surface area contributed by atoms with Gasteiger partial charge in [0.05, 0.1) is 6.54 Å². The molecule has 0 aliphatic carbocycles. The molecule has 0 bridgehead atoms. The van der Waals surface area contributed by atoms with E-state index in [1.165, 1.54) is 24.8 Å². The van der Waals surface area contributed by atoms with E-state index in [0.29, 0.717) is 12.5 Å². The SMILES string of the molecule is CC(C)(CN=C(N)N1CCCCC1)c1ccccc1Br.I. The molecule has 5 heteroatoms. The van der Waals surface area contributed by atoms with Crippen LogP contribution in [0.15, 0.2) is 33.7 Å². The fourth-order valence-electron chi connectivity index (χ4n) is 2.60. The molecule has 0 atom stereocenters. The summed E-state index contributed by atoms with van der Waals surface area (Å²) in [4.78, 5) is 6.84. The molecule has 0 radical (unpaired) electrons. The first-order valence-electron chi connectivity index (χ1n) is 7.30. The van der Waals surface area contributed by atoms with Gasteiger partial charge in [0.25, 0.3) is 0 Å². The van der Waals surface area contributed by atoms with Crippen LogP contribution in [0.3, 0.4) is 0 Å². The summed E-state index contributed by atoms with van der Waals surface area (Å²) in [6.45, 7) is 7.22. The Morgan fingerprint density at radius 2 is 1.86 bits per heavy atom. The van der Waals surface area contributed by atoms with Crippen LogP contribution in [0.25, 0.3) is 0 Å². The van der Waals surface area contributed by atoms with Gasteiger partial charge in [0.1, 0.15) is 0 Å². The molecule has 2 N–H and O–H groups in total. The second kappa shape index (κ2) is 8.36. The van der Waals surface area contributed by atoms with Gasteiger partial charge in [0.15, 0.2) is 5.96 Å². The van der Waals surface area contributed by atoms with E-state index in [4.69, 9.17) is 5.73 Å². The van der Waals surface area contributed by atoms with Crippen molar-refractivity contribution in [3.8, 4) is 0 Å². The number of rotatable bonds is 3. The first kappa shape index (κ1) is 18.7. The molecular formula is C16H25BrIN3. The molecule has 1 aliphatic rings. The van der Waals surface area contributed by atoms with Crippen molar-refractivity contribution >= 4 is 45.9 Å². The Morgan fingerprint density at radius 1 is 1.24 bits per heavy atom. The molecule has 118 valence electrons. The number of guanidine groups is 1. The molecule has 1 aromatic carbocycles. The molecule has 1 aromatic rings. The number of aliphatic imine (C=N–C) groups is 1. The zero-order valence-corrected chi connectivity index (χ0v) is 16.7. The van der Waals surface area contributed by atoms with Gasteiger partial charge >= 0.3 is 0 Å². The van der Waals surface area contributed by atoms with Crippen LogP contribution in [0, 0.1) is 0 Å². The van der Waals surface area contributed by atoms with Crippen LogP contribution in [-0.2, 0) is 5.41 Å². The van der Waals surface area contributed by atoms with Crippen molar-refractivity contribution in [2.45, 2.75) is 38.5 Å². The molecule has 0 unspecified atom stereocenters. The third kappa shape index (κ3) is 5.13. The summed E-state index contributed by atoms with van der Waals surface area (Å²) in [5, 5.41) is 0. The molecule has 0 saturated carbocycles. The number of hydrogen-bond donors (Lipinski definition) is 1. The van der Waals surface area contributed by atoms with E-state index in [2.05, 4.69) is 57.9 Å². The minimum atomic E-state index is -0.0273. The number of nitrogens with two attached hydrogens (primary N) is 1. The highest BCUT2D eigenvalue weighted by Crippen LogP contribution is 2.30. The average Bonchev–Trinajstić information content (AvgIpc) is 2.46. The van der Waals surface area contributed by atoms with E-state index in [9.17, 15) is 0 Å². The first-order valence-corrected chi connectivity index (χ1v) is 8.10. The molecule has 1 fully saturated rings. The quantitative estimate of drug-likeness (QED) is 0.414. The van der Waals surface area contributed by atoms with Crippen LogP contribution >= 0.6 is 39.9 Å². The minimum Gasteiger partial charge on any atom is -0.370 e. The van der Waals surface area contributed by atoms with Gasteiger partial charge in [-0.25, -0.2) is 0 Å². The van der Waals surface area contributed by atoms with E-state index in [-0.39, 0.29) is 29.4 Å². The first-order chi connectivity index (χ1) is 9.50. The summed E-state index contributed by atoms with van der Waals surface area (Å²) in [6.07, 6.45) is 3.76. The fourth-order valence-corrected chi connectivity index (χ4v) is 3.42. The maximum absolute atomic E-state index is 6.14. The Bertz CT molecular complexity index is 482. The molecule has 21 heavy (non-hydrogen) atoms. The van der Waals surface area contributed by atoms with Gasteiger partial charge in [-0.2, -0.15) is 0 Å². The van der Waals surface area contributed by atoms with Crippen LogP contribution in [0.5, 0.6) is 0 Å². The summed E-state index contributed by atoms with van der Waals surface area (Å²) in [6, 6.07) is 8.33. The monoisotopic (exact) mass is 465 g/mol. The largest absolute Gasteiger partial charge is 0.370 e. The average molecular weight is 466 g/mol. The van der Waals surface area contributed by atoms with Crippen molar-refractivity contribution in [3.05, 3.63) is 34.3 Å². The smallest absolute Gasteiger partial charge is 0.191 e. The fraction of sp³-hybridized carbons (Fsp3) is 0.562. The van der Waals surface area contributed by atoms with Crippen LogP contribution in [0.4, 0.5) is 0 Å². The lowest BCUT2D eigenvalue weighted by atomic mass is 9.85. The van der Waals surface area contributed by atoms with Gasteiger partial charge < -0.3 is 10.6 Å². The molecule has 1 saturated heterocycles. The maximum atomic E-state index is 6.14. The Hall–Kier alpha value is -0.300. The van der Waals surface area contributed by atoms with Gasteiger partial charge in [-0.3, -0.25) is 4.99 Å². The normalized spacial score (nSPS) is 16.5. The van der Waals surface area contributed by atoms with Gasteiger partial charge in [0.2, 0.25) is 0 Å². The van der Waals surface area contributed by atoms with Crippen LogP contribution in [-0.4, -0.2) is 30.5 Å². The van der Waals surface area contributed by atoms with E-state index in [1.54, 1.807) is 0 Å². The van der Waals surface area contributed by atoms with Crippen molar-refractivity contribution in [1.82, 2.24) is 4.90 Å². The lowest BCUT2D eigenvalue weighted by Gasteiger charge is -2.29. The van der Waals surface area contributed by atoms with Gasteiger partial charge in [0, 0.05) is 23.0 Å². The van der Waals surface area contributed by atoms with Crippen LogP contribution < -0.4 is 5.73 Å². The number of hydrogen-bond acceptors (Lipinski definition) is 1. The summed E-state index contributed by atoms with van der Waals surface area (Å²) < 4.78 is 1.14. The number of likely N-dealkylation sites (tertiary alicyclic amines) is 1. The van der Waals surface area contributed by atoms with Crippen molar-refractivity contribution in [1.29, 1.82) is 0 Å². The molecular weight excluding hydrogens is 441 g/mol. The van der Waals surface area contributed by atoms with Crippen LogP contribution in [0.2, 0.25) is 0 Å². The summed E-state index contributed by atoms with van der Waals surface area (Å²) in [5.41, 5.74) is 7.38. The molecule has 0 spiro atoms. The van der Waals surface area contributed by atoms with E-state index < -0.39 is 0 Å². The molecule has 2 rings (SSSR count). The zero-order chi connectivity index (χ0) is 14.6. The second-order valence-corrected chi connectivity index (χ2v) is 6.94. The highest BCUT2D eigenvalue weighted by molar-refractivity contribution is 14.0. The Balaban J connectivity index is 0.00000220.